The molecule has 1 aromatic carbocycles. The van der Waals surface area contributed by atoms with Crippen LogP contribution in [0.15, 0.2) is 24.3 Å². The third-order valence-corrected chi connectivity index (χ3v) is 3.10. The van der Waals surface area contributed by atoms with Crippen molar-refractivity contribution in [1.82, 2.24) is 5.32 Å². The highest BCUT2D eigenvalue weighted by Gasteiger charge is 2.09. The molecule has 0 spiro atoms. The first-order chi connectivity index (χ1) is 8.58. The van der Waals surface area contributed by atoms with E-state index in [0.29, 0.717) is 11.0 Å². The summed E-state index contributed by atoms with van der Waals surface area (Å²) in [6.45, 7) is 6.40. The van der Waals surface area contributed by atoms with Gasteiger partial charge in [0.1, 0.15) is 0 Å². The molecule has 0 heterocycles. The van der Waals surface area contributed by atoms with Gasteiger partial charge < -0.3 is 15.7 Å². The maximum Gasteiger partial charge on any atom is 0.171 e. The van der Waals surface area contributed by atoms with Gasteiger partial charge >= 0.3 is 0 Å². The van der Waals surface area contributed by atoms with Gasteiger partial charge in [0.25, 0.3) is 0 Å². The predicted molar refractivity (Wildman–Crippen MR) is 81.1 cm³/mol. The van der Waals surface area contributed by atoms with Crippen LogP contribution in [0.2, 0.25) is 0 Å². The standard InChI is InChI=1S/C14H22N2OS/c1-4-11(9-17)15-14(18)16-13-8-6-5-7-12(13)10(2)3/h5-8,10-11,17H,4,9H2,1-3H3,(H2,15,16,18). The van der Waals surface area contributed by atoms with Gasteiger partial charge in [-0.2, -0.15) is 0 Å². The molecule has 0 aromatic heterocycles. The minimum Gasteiger partial charge on any atom is -0.394 e. The Bertz CT molecular complexity index is 389. The number of hydrogen-bond donors (Lipinski definition) is 3. The molecule has 3 N–H and O–H groups in total. The van der Waals surface area contributed by atoms with Crippen LogP contribution >= 0.6 is 12.2 Å². The lowest BCUT2D eigenvalue weighted by molar-refractivity contribution is 0.253. The monoisotopic (exact) mass is 266 g/mol. The molecule has 0 amide bonds. The Balaban J connectivity index is 2.70. The Morgan fingerprint density at radius 3 is 2.56 bits per heavy atom. The summed E-state index contributed by atoms with van der Waals surface area (Å²) in [6, 6.07) is 8.14. The summed E-state index contributed by atoms with van der Waals surface area (Å²) in [5.41, 5.74) is 2.26. The van der Waals surface area contributed by atoms with Crippen LogP contribution in [-0.4, -0.2) is 22.9 Å². The molecule has 1 rings (SSSR count). The molecule has 0 saturated carbocycles. The van der Waals surface area contributed by atoms with Gasteiger partial charge in [0, 0.05) is 5.69 Å². The van der Waals surface area contributed by atoms with Crippen molar-refractivity contribution in [2.24, 2.45) is 0 Å². The maximum absolute atomic E-state index is 9.13. The van der Waals surface area contributed by atoms with Crippen molar-refractivity contribution in [2.45, 2.75) is 39.2 Å². The molecule has 1 atom stereocenters. The smallest absolute Gasteiger partial charge is 0.171 e. The second-order valence-corrected chi connectivity index (χ2v) is 5.04. The molecule has 0 saturated heterocycles. The Labute approximate surface area is 115 Å². The quantitative estimate of drug-likeness (QED) is 0.717. The zero-order chi connectivity index (χ0) is 13.5. The Morgan fingerprint density at radius 1 is 1.33 bits per heavy atom. The average molecular weight is 266 g/mol. The van der Waals surface area contributed by atoms with Crippen LogP contribution in [-0.2, 0) is 0 Å². The molecule has 0 aliphatic rings. The van der Waals surface area contributed by atoms with E-state index in [1.54, 1.807) is 0 Å². The lowest BCUT2D eigenvalue weighted by Crippen LogP contribution is -2.39. The predicted octanol–water partition coefficient (Wildman–Crippen LogP) is 2.87. The summed E-state index contributed by atoms with van der Waals surface area (Å²) in [5.74, 6) is 0.441. The van der Waals surface area contributed by atoms with Crippen molar-refractivity contribution in [2.75, 3.05) is 11.9 Å². The van der Waals surface area contributed by atoms with Crippen molar-refractivity contribution in [3.63, 3.8) is 0 Å². The van der Waals surface area contributed by atoms with E-state index >= 15 is 0 Å². The van der Waals surface area contributed by atoms with Crippen molar-refractivity contribution in [1.29, 1.82) is 0 Å². The van der Waals surface area contributed by atoms with Crippen molar-refractivity contribution in [3.05, 3.63) is 29.8 Å². The second-order valence-electron chi connectivity index (χ2n) is 4.63. The van der Waals surface area contributed by atoms with Crippen LogP contribution in [0.5, 0.6) is 0 Å². The number of aliphatic hydroxyl groups excluding tert-OH is 1. The first kappa shape index (κ1) is 14.9. The van der Waals surface area contributed by atoms with E-state index in [0.717, 1.165) is 12.1 Å². The largest absolute Gasteiger partial charge is 0.394 e. The van der Waals surface area contributed by atoms with E-state index in [-0.39, 0.29) is 12.6 Å². The van der Waals surface area contributed by atoms with Gasteiger partial charge in [-0.1, -0.05) is 39.0 Å². The van der Waals surface area contributed by atoms with E-state index in [4.69, 9.17) is 17.3 Å². The molecular weight excluding hydrogens is 244 g/mol. The molecule has 1 aromatic rings. The fourth-order valence-corrected chi connectivity index (χ4v) is 2.01. The van der Waals surface area contributed by atoms with Gasteiger partial charge in [-0.25, -0.2) is 0 Å². The van der Waals surface area contributed by atoms with Crippen LogP contribution in [0.4, 0.5) is 5.69 Å². The summed E-state index contributed by atoms with van der Waals surface area (Å²) in [5, 5.41) is 16.0. The summed E-state index contributed by atoms with van der Waals surface area (Å²) in [7, 11) is 0. The van der Waals surface area contributed by atoms with Crippen LogP contribution in [0, 0.1) is 0 Å². The Hall–Kier alpha value is -1.13. The van der Waals surface area contributed by atoms with Gasteiger partial charge in [0.2, 0.25) is 0 Å². The summed E-state index contributed by atoms with van der Waals surface area (Å²) in [4.78, 5) is 0. The first-order valence-corrected chi connectivity index (χ1v) is 6.76. The third-order valence-electron chi connectivity index (χ3n) is 2.88. The zero-order valence-electron chi connectivity index (χ0n) is 11.2. The number of anilines is 1. The highest BCUT2D eigenvalue weighted by Crippen LogP contribution is 2.23. The molecule has 0 aliphatic carbocycles. The van der Waals surface area contributed by atoms with E-state index in [9.17, 15) is 0 Å². The fraction of sp³-hybridized carbons (Fsp3) is 0.500. The van der Waals surface area contributed by atoms with Crippen LogP contribution in [0.25, 0.3) is 0 Å². The van der Waals surface area contributed by atoms with Crippen molar-refractivity contribution in [3.8, 4) is 0 Å². The normalized spacial score (nSPS) is 12.3. The van der Waals surface area contributed by atoms with Crippen molar-refractivity contribution < 1.29 is 5.11 Å². The molecule has 0 radical (unpaired) electrons. The SMILES string of the molecule is CCC(CO)NC(=S)Nc1ccccc1C(C)C. The molecule has 1 unspecified atom stereocenters. The van der Waals surface area contributed by atoms with Gasteiger partial charge in [-0.3, -0.25) is 0 Å². The van der Waals surface area contributed by atoms with Gasteiger partial charge in [-0.05, 0) is 36.2 Å². The number of aliphatic hydroxyl groups is 1. The number of hydrogen-bond acceptors (Lipinski definition) is 2. The zero-order valence-corrected chi connectivity index (χ0v) is 12.1. The number of thiocarbonyl (C=S) groups is 1. The summed E-state index contributed by atoms with van der Waals surface area (Å²) in [6.07, 6.45) is 0.837. The first-order valence-electron chi connectivity index (χ1n) is 6.35. The Morgan fingerprint density at radius 2 is 2.00 bits per heavy atom. The maximum atomic E-state index is 9.13. The number of benzene rings is 1. The average Bonchev–Trinajstić information content (AvgIpc) is 2.36. The second kappa shape index (κ2) is 7.34. The van der Waals surface area contributed by atoms with E-state index < -0.39 is 0 Å². The summed E-state index contributed by atoms with van der Waals surface area (Å²) < 4.78 is 0. The molecule has 100 valence electrons. The highest BCUT2D eigenvalue weighted by molar-refractivity contribution is 7.80. The van der Waals surface area contributed by atoms with E-state index in [2.05, 4.69) is 30.5 Å². The van der Waals surface area contributed by atoms with Gasteiger partial charge in [0.15, 0.2) is 5.11 Å². The van der Waals surface area contributed by atoms with Crippen molar-refractivity contribution >= 4 is 23.0 Å². The lowest BCUT2D eigenvalue weighted by Gasteiger charge is -2.19. The van der Waals surface area contributed by atoms with Crippen LogP contribution < -0.4 is 10.6 Å². The minimum atomic E-state index is 0.0104. The molecule has 0 aliphatic heterocycles. The highest BCUT2D eigenvalue weighted by atomic mass is 32.1. The molecule has 3 nitrogen and oxygen atoms in total. The number of rotatable bonds is 5. The lowest BCUT2D eigenvalue weighted by atomic mass is 10.0. The minimum absolute atomic E-state index is 0.0104. The third kappa shape index (κ3) is 4.27. The topological polar surface area (TPSA) is 44.3 Å². The number of para-hydroxylation sites is 1. The molecule has 18 heavy (non-hydrogen) atoms. The van der Waals surface area contributed by atoms with Gasteiger partial charge in [0.05, 0.1) is 12.6 Å². The fourth-order valence-electron chi connectivity index (χ4n) is 1.73. The van der Waals surface area contributed by atoms with E-state index in [1.807, 2.05) is 25.1 Å². The molecule has 0 fully saturated rings. The van der Waals surface area contributed by atoms with E-state index in [1.165, 1.54) is 5.56 Å². The van der Waals surface area contributed by atoms with Crippen LogP contribution in [0.3, 0.4) is 0 Å². The molecule has 0 bridgehead atoms. The van der Waals surface area contributed by atoms with Gasteiger partial charge in [-0.15, -0.1) is 0 Å². The molecular formula is C14H22N2OS. The Kier molecular flexibility index (Phi) is 6.09. The van der Waals surface area contributed by atoms with Crippen LogP contribution in [0.1, 0.15) is 38.7 Å². The number of nitrogens with one attached hydrogen (secondary N) is 2. The summed E-state index contributed by atoms with van der Waals surface area (Å²) >= 11 is 5.26. The molecule has 4 heteroatoms.